The third kappa shape index (κ3) is 4.45. The van der Waals surface area contributed by atoms with Gasteiger partial charge in [0.25, 0.3) is 5.91 Å². The Kier molecular flexibility index (Phi) is 6.69. The van der Waals surface area contributed by atoms with Crippen molar-refractivity contribution in [2.45, 2.75) is 38.1 Å². The average Bonchev–Trinajstić information content (AvgIpc) is 2.65. The van der Waals surface area contributed by atoms with Crippen molar-refractivity contribution in [2.24, 2.45) is 5.73 Å². The first kappa shape index (κ1) is 19.1. The molecule has 2 rings (SSSR count). The van der Waals surface area contributed by atoms with Crippen LogP contribution in [0.15, 0.2) is 12.1 Å². The largest absolute Gasteiger partial charge is 0.496 e. The number of carbonyl (C=O) groups is 1. The lowest BCUT2D eigenvalue weighted by atomic mass is 9.95. The van der Waals surface area contributed by atoms with Crippen LogP contribution in [0.2, 0.25) is 0 Å². The molecule has 1 saturated carbocycles. The van der Waals surface area contributed by atoms with Gasteiger partial charge in [0.15, 0.2) is 16.6 Å². The molecule has 1 fully saturated rings. The van der Waals surface area contributed by atoms with Crippen LogP contribution in [-0.2, 0) is 0 Å². The van der Waals surface area contributed by atoms with E-state index in [1.54, 1.807) is 17.1 Å². The number of carbonyl (C=O) groups excluding carboxylic acids is 1. The molecule has 1 aromatic rings. The molecule has 0 spiro atoms. The van der Waals surface area contributed by atoms with E-state index >= 15 is 0 Å². The van der Waals surface area contributed by atoms with Gasteiger partial charge in [-0.2, -0.15) is 0 Å². The van der Waals surface area contributed by atoms with E-state index in [2.05, 4.69) is 5.43 Å². The smallest absolute Gasteiger partial charge is 0.273 e. The molecule has 25 heavy (non-hydrogen) atoms. The van der Waals surface area contributed by atoms with Crippen molar-refractivity contribution in [3.05, 3.63) is 17.7 Å². The fourth-order valence-corrected chi connectivity index (χ4v) is 3.24. The van der Waals surface area contributed by atoms with Crippen LogP contribution in [0.1, 0.15) is 42.5 Å². The molecule has 0 aliphatic heterocycles. The van der Waals surface area contributed by atoms with Crippen LogP contribution in [-0.4, -0.2) is 43.4 Å². The molecule has 0 aromatic heterocycles. The molecule has 0 saturated heterocycles. The van der Waals surface area contributed by atoms with E-state index < -0.39 is 0 Å². The number of hydrazine groups is 1. The molecule has 1 aliphatic carbocycles. The number of amides is 1. The monoisotopic (exact) mass is 367 g/mol. The summed E-state index contributed by atoms with van der Waals surface area (Å²) in [5.74, 6) is 0.931. The molecule has 1 amide bonds. The molecule has 138 valence electrons. The van der Waals surface area contributed by atoms with Crippen molar-refractivity contribution in [3.8, 4) is 17.2 Å². The minimum Gasteiger partial charge on any atom is -0.496 e. The van der Waals surface area contributed by atoms with Crippen molar-refractivity contribution >= 4 is 23.2 Å². The van der Waals surface area contributed by atoms with Gasteiger partial charge in [-0.1, -0.05) is 19.3 Å². The minimum atomic E-state index is -0.365. The number of hydrogen-bond donors (Lipinski definition) is 2. The van der Waals surface area contributed by atoms with Gasteiger partial charge in [0.05, 0.1) is 32.9 Å². The maximum Gasteiger partial charge on any atom is 0.273 e. The molecule has 0 heterocycles. The maximum atomic E-state index is 12.8. The zero-order valence-electron chi connectivity index (χ0n) is 14.8. The van der Waals surface area contributed by atoms with E-state index in [0.29, 0.717) is 22.8 Å². The molecule has 0 unspecified atom stereocenters. The van der Waals surface area contributed by atoms with Crippen molar-refractivity contribution < 1.29 is 19.0 Å². The molecule has 0 bridgehead atoms. The Bertz CT molecular complexity index is 633. The van der Waals surface area contributed by atoms with Gasteiger partial charge in [0.2, 0.25) is 0 Å². The summed E-state index contributed by atoms with van der Waals surface area (Å²) in [5.41, 5.74) is 8.97. The average molecular weight is 367 g/mol. The molecule has 3 N–H and O–H groups in total. The van der Waals surface area contributed by atoms with Crippen LogP contribution in [0, 0.1) is 0 Å². The normalized spacial score (nSPS) is 14.5. The summed E-state index contributed by atoms with van der Waals surface area (Å²) in [5, 5.41) is 1.74. The minimum absolute atomic E-state index is 0.112. The highest BCUT2D eigenvalue weighted by Crippen LogP contribution is 2.34. The Labute approximate surface area is 153 Å². The molecule has 0 atom stereocenters. The second-order valence-corrected chi connectivity index (χ2v) is 6.27. The topological polar surface area (TPSA) is 86.1 Å². The lowest BCUT2D eigenvalue weighted by Gasteiger charge is -2.34. The van der Waals surface area contributed by atoms with Gasteiger partial charge in [-0.15, -0.1) is 0 Å². The van der Waals surface area contributed by atoms with Crippen LogP contribution in [0.25, 0.3) is 0 Å². The van der Waals surface area contributed by atoms with Gasteiger partial charge in [0.1, 0.15) is 5.75 Å². The summed E-state index contributed by atoms with van der Waals surface area (Å²) in [6.45, 7) is 0. The van der Waals surface area contributed by atoms with Crippen molar-refractivity contribution in [2.75, 3.05) is 21.3 Å². The Morgan fingerprint density at radius 2 is 1.64 bits per heavy atom. The van der Waals surface area contributed by atoms with E-state index in [4.69, 9.17) is 32.2 Å². The van der Waals surface area contributed by atoms with Crippen LogP contribution < -0.4 is 25.4 Å². The van der Waals surface area contributed by atoms with Gasteiger partial charge in [-0.25, -0.2) is 0 Å². The van der Waals surface area contributed by atoms with Crippen LogP contribution in [0.3, 0.4) is 0 Å². The number of nitrogens with one attached hydrogen (secondary N) is 1. The summed E-state index contributed by atoms with van der Waals surface area (Å²) >= 11 is 5.13. The highest BCUT2D eigenvalue weighted by atomic mass is 32.1. The zero-order valence-corrected chi connectivity index (χ0v) is 15.6. The number of benzene rings is 1. The number of ether oxygens (including phenoxy) is 3. The Morgan fingerprint density at radius 3 is 2.16 bits per heavy atom. The van der Waals surface area contributed by atoms with Crippen molar-refractivity contribution in [1.82, 2.24) is 10.4 Å². The van der Waals surface area contributed by atoms with E-state index in [1.807, 2.05) is 0 Å². The zero-order chi connectivity index (χ0) is 18.4. The van der Waals surface area contributed by atoms with Crippen molar-refractivity contribution in [3.63, 3.8) is 0 Å². The fourth-order valence-electron chi connectivity index (χ4n) is 3.04. The predicted molar refractivity (Wildman–Crippen MR) is 99.1 cm³/mol. The molecule has 7 nitrogen and oxygen atoms in total. The Balaban J connectivity index is 2.27. The first-order chi connectivity index (χ1) is 12.0. The van der Waals surface area contributed by atoms with Gasteiger partial charge in [-0.3, -0.25) is 15.2 Å². The third-order valence-corrected chi connectivity index (χ3v) is 4.55. The highest BCUT2D eigenvalue weighted by molar-refractivity contribution is 7.80. The summed E-state index contributed by atoms with van der Waals surface area (Å²) in [4.78, 5) is 12.8. The lowest BCUT2D eigenvalue weighted by Crippen LogP contribution is -2.54. The van der Waals surface area contributed by atoms with Crippen LogP contribution in [0.5, 0.6) is 17.2 Å². The number of rotatable bonds is 5. The van der Waals surface area contributed by atoms with Gasteiger partial charge < -0.3 is 19.9 Å². The second-order valence-electron chi connectivity index (χ2n) is 5.85. The Morgan fingerprint density at radius 1 is 1.08 bits per heavy atom. The van der Waals surface area contributed by atoms with Crippen molar-refractivity contribution in [1.29, 1.82) is 0 Å². The van der Waals surface area contributed by atoms with Gasteiger partial charge in [-0.05, 0) is 25.1 Å². The number of nitrogens with zero attached hydrogens (tertiary/aromatic N) is 1. The predicted octanol–water partition coefficient (Wildman–Crippen LogP) is 2.24. The first-order valence-corrected chi connectivity index (χ1v) is 8.62. The standard InChI is InChI=1S/C17H25N3O4S/c1-22-13-10-15(24-3)14(23-2)9-12(13)16(21)19-20(17(18)25)11-7-5-4-6-8-11/h9-11H,4-8H2,1-3H3,(H2,18,25)(H,19,21). The molecule has 8 heteroatoms. The van der Waals surface area contributed by atoms with E-state index in [-0.39, 0.29) is 17.1 Å². The van der Waals surface area contributed by atoms with E-state index in [0.717, 1.165) is 25.7 Å². The first-order valence-electron chi connectivity index (χ1n) is 8.21. The number of hydrogen-bond acceptors (Lipinski definition) is 5. The maximum absolute atomic E-state index is 12.8. The summed E-state index contributed by atoms with van der Waals surface area (Å²) in [7, 11) is 4.52. The summed E-state index contributed by atoms with van der Waals surface area (Å²) < 4.78 is 15.8. The SMILES string of the molecule is COc1cc(OC)c(C(=O)NN(C(N)=S)C2CCCCC2)cc1OC. The quantitative estimate of drug-likeness (QED) is 0.610. The van der Waals surface area contributed by atoms with E-state index in [1.165, 1.54) is 27.8 Å². The van der Waals surface area contributed by atoms with E-state index in [9.17, 15) is 4.79 Å². The number of nitrogens with two attached hydrogens (primary N) is 1. The Hall–Kier alpha value is -2.22. The summed E-state index contributed by atoms with van der Waals surface area (Å²) in [6.07, 6.45) is 5.28. The lowest BCUT2D eigenvalue weighted by molar-refractivity contribution is 0.0805. The molecule has 1 aromatic carbocycles. The summed E-state index contributed by atoms with van der Waals surface area (Å²) in [6, 6.07) is 3.30. The van der Waals surface area contributed by atoms with Gasteiger partial charge >= 0.3 is 0 Å². The number of thiocarbonyl (C=S) groups is 1. The fraction of sp³-hybridized carbons (Fsp3) is 0.529. The third-order valence-electron chi connectivity index (χ3n) is 4.35. The van der Waals surface area contributed by atoms with Crippen LogP contribution in [0.4, 0.5) is 0 Å². The molecule has 1 aliphatic rings. The van der Waals surface area contributed by atoms with Gasteiger partial charge in [0, 0.05) is 12.1 Å². The highest BCUT2D eigenvalue weighted by Gasteiger charge is 2.26. The van der Waals surface area contributed by atoms with Crippen LogP contribution >= 0.6 is 12.2 Å². The second kappa shape index (κ2) is 8.75. The number of methoxy groups -OCH3 is 3. The molecule has 0 radical (unpaired) electrons. The molecular formula is C17H25N3O4S. The molecular weight excluding hydrogens is 342 g/mol.